The van der Waals surface area contributed by atoms with Gasteiger partial charge in [-0.3, -0.25) is 0 Å². The molecule has 2 unspecified atom stereocenters. The Hall–Kier alpha value is -0.550. The summed E-state index contributed by atoms with van der Waals surface area (Å²) in [6, 6.07) is 0.417. The van der Waals surface area contributed by atoms with E-state index in [2.05, 4.69) is 9.97 Å². The van der Waals surface area contributed by atoms with E-state index in [1.807, 2.05) is 16.7 Å². The molecule has 0 aromatic carbocycles. The first-order chi connectivity index (χ1) is 7.24. The highest BCUT2D eigenvalue weighted by Gasteiger charge is 2.40. The predicted molar refractivity (Wildman–Crippen MR) is 59.0 cm³/mol. The monoisotopic (exact) mass is 245 g/mol. The molecule has 3 rings (SSSR count). The molecular formula is C9H9ClFN3S. The molecular weight excluding hydrogens is 237 g/mol. The second-order valence-corrected chi connectivity index (χ2v) is 5.48. The molecule has 2 atom stereocenters. The lowest BCUT2D eigenvalue weighted by atomic mass is 10.2. The van der Waals surface area contributed by atoms with Crippen molar-refractivity contribution < 1.29 is 4.39 Å². The summed E-state index contributed by atoms with van der Waals surface area (Å²) in [6.07, 6.45) is 2.27. The molecule has 0 amide bonds. The van der Waals surface area contributed by atoms with Crippen molar-refractivity contribution in [3.05, 3.63) is 17.3 Å². The van der Waals surface area contributed by atoms with Crippen LogP contribution in [0.15, 0.2) is 6.20 Å². The molecule has 15 heavy (non-hydrogen) atoms. The van der Waals surface area contributed by atoms with Crippen LogP contribution in [0.5, 0.6) is 0 Å². The summed E-state index contributed by atoms with van der Waals surface area (Å²) in [6.45, 7) is 0.875. The fraction of sp³-hybridized carbons (Fsp3) is 0.556. The van der Waals surface area contributed by atoms with Gasteiger partial charge >= 0.3 is 0 Å². The Bertz CT molecular complexity index is 403. The van der Waals surface area contributed by atoms with Crippen molar-refractivity contribution in [1.29, 1.82) is 0 Å². The van der Waals surface area contributed by atoms with E-state index < -0.39 is 0 Å². The van der Waals surface area contributed by atoms with Gasteiger partial charge in [0.25, 0.3) is 0 Å². The van der Waals surface area contributed by atoms with Gasteiger partial charge in [-0.05, 0) is 18.0 Å². The number of anilines is 1. The van der Waals surface area contributed by atoms with Crippen molar-refractivity contribution in [3.8, 4) is 0 Å². The van der Waals surface area contributed by atoms with Crippen LogP contribution in [-0.4, -0.2) is 33.6 Å². The van der Waals surface area contributed by atoms with Crippen LogP contribution in [-0.2, 0) is 0 Å². The smallest absolute Gasteiger partial charge is 0.224 e. The van der Waals surface area contributed by atoms with Crippen molar-refractivity contribution in [2.45, 2.75) is 17.7 Å². The molecule has 1 aromatic heterocycles. The van der Waals surface area contributed by atoms with Gasteiger partial charge in [-0.1, -0.05) is 0 Å². The lowest BCUT2D eigenvalue weighted by Gasteiger charge is -2.27. The Morgan fingerprint density at radius 1 is 1.60 bits per heavy atom. The molecule has 3 nitrogen and oxygen atoms in total. The Labute approximate surface area is 96.0 Å². The van der Waals surface area contributed by atoms with Gasteiger partial charge in [0.05, 0.1) is 6.20 Å². The Morgan fingerprint density at radius 2 is 2.47 bits per heavy atom. The molecule has 2 aliphatic heterocycles. The Morgan fingerprint density at radius 3 is 3.13 bits per heavy atom. The summed E-state index contributed by atoms with van der Waals surface area (Å²) in [5.41, 5.74) is 0. The Balaban J connectivity index is 1.96. The van der Waals surface area contributed by atoms with Gasteiger partial charge in [0.2, 0.25) is 5.28 Å². The molecule has 2 saturated heterocycles. The summed E-state index contributed by atoms with van der Waals surface area (Å²) in [4.78, 5) is 9.61. The SMILES string of the molecule is Fc1cnc(Cl)nc1N1CC2CC1CS2. The quantitative estimate of drug-likeness (QED) is 0.708. The van der Waals surface area contributed by atoms with E-state index in [0.717, 1.165) is 24.9 Å². The minimum absolute atomic E-state index is 0.113. The highest BCUT2D eigenvalue weighted by molar-refractivity contribution is 8.00. The van der Waals surface area contributed by atoms with Gasteiger partial charge in [-0.25, -0.2) is 9.37 Å². The summed E-state index contributed by atoms with van der Waals surface area (Å²) in [5.74, 6) is 1.05. The fourth-order valence-electron chi connectivity index (χ4n) is 2.20. The third-order valence-electron chi connectivity index (χ3n) is 2.87. The first kappa shape index (κ1) is 9.66. The topological polar surface area (TPSA) is 29.0 Å². The molecule has 2 fully saturated rings. The van der Waals surface area contributed by atoms with Crippen molar-refractivity contribution in [1.82, 2.24) is 9.97 Å². The van der Waals surface area contributed by atoms with Crippen LogP contribution < -0.4 is 4.90 Å². The maximum atomic E-state index is 13.5. The van der Waals surface area contributed by atoms with E-state index in [-0.39, 0.29) is 11.1 Å². The van der Waals surface area contributed by atoms with Gasteiger partial charge in [0.15, 0.2) is 11.6 Å². The lowest BCUT2D eigenvalue weighted by Crippen LogP contribution is -2.35. The van der Waals surface area contributed by atoms with Crippen molar-refractivity contribution in [2.75, 3.05) is 17.2 Å². The average molecular weight is 246 g/mol. The van der Waals surface area contributed by atoms with E-state index >= 15 is 0 Å². The summed E-state index contributed by atoms with van der Waals surface area (Å²) < 4.78 is 13.5. The minimum atomic E-state index is -0.378. The second-order valence-electron chi connectivity index (χ2n) is 3.81. The minimum Gasteiger partial charge on any atom is -0.349 e. The zero-order valence-corrected chi connectivity index (χ0v) is 9.43. The van der Waals surface area contributed by atoms with Crippen molar-refractivity contribution >= 4 is 29.2 Å². The van der Waals surface area contributed by atoms with Crippen LogP contribution in [0.25, 0.3) is 0 Å². The van der Waals surface area contributed by atoms with Crippen LogP contribution in [0, 0.1) is 5.82 Å². The summed E-state index contributed by atoms with van der Waals surface area (Å²) in [5, 5.41) is 0.741. The van der Waals surface area contributed by atoms with Crippen LogP contribution in [0.2, 0.25) is 5.28 Å². The molecule has 0 N–H and O–H groups in total. The highest BCUT2D eigenvalue weighted by atomic mass is 35.5. The molecule has 0 saturated carbocycles. The summed E-state index contributed by atoms with van der Waals surface area (Å²) in [7, 11) is 0. The number of rotatable bonds is 1. The number of nitrogens with zero attached hydrogens (tertiary/aromatic N) is 3. The third kappa shape index (κ3) is 1.58. The third-order valence-corrected chi connectivity index (χ3v) is 4.44. The molecule has 80 valence electrons. The molecule has 2 aliphatic rings. The summed E-state index contributed by atoms with van der Waals surface area (Å²) >= 11 is 7.64. The van der Waals surface area contributed by atoms with Crippen LogP contribution >= 0.6 is 23.4 Å². The number of hydrogen-bond acceptors (Lipinski definition) is 4. The van der Waals surface area contributed by atoms with Gasteiger partial charge in [-0.15, -0.1) is 0 Å². The molecule has 2 bridgehead atoms. The second kappa shape index (κ2) is 3.49. The Kier molecular flexibility index (Phi) is 2.25. The zero-order valence-electron chi connectivity index (χ0n) is 7.86. The number of fused-ring (bicyclic) bond motifs is 2. The van der Waals surface area contributed by atoms with Crippen LogP contribution in [0.1, 0.15) is 6.42 Å². The lowest BCUT2D eigenvalue weighted by molar-refractivity contribution is 0.598. The number of aromatic nitrogens is 2. The fourth-order valence-corrected chi connectivity index (χ4v) is 3.76. The zero-order chi connectivity index (χ0) is 10.4. The molecule has 0 aliphatic carbocycles. The highest BCUT2D eigenvalue weighted by Crippen LogP contribution is 2.40. The maximum absolute atomic E-state index is 13.5. The number of halogens is 2. The predicted octanol–water partition coefficient (Wildman–Crippen LogP) is 1.96. The van der Waals surface area contributed by atoms with Crippen LogP contribution in [0.4, 0.5) is 10.2 Å². The van der Waals surface area contributed by atoms with Gasteiger partial charge in [0.1, 0.15) is 0 Å². The van der Waals surface area contributed by atoms with Gasteiger partial charge in [0, 0.05) is 23.6 Å². The van der Waals surface area contributed by atoms with Gasteiger partial charge < -0.3 is 4.90 Å². The van der Waals surface area contributed by atoms with E-state index in [1.54, 1.807) is 0 Å². The van der Waals surface area contributed by atoms with E-state index in [4.69, 9.17) is 11.6 Å². The van der Waals surface area contributed by atoms with E-state index in [9.17, 15) is 4.39 Å². The number of thioether (sulfide) groups is 1. The number of hydrogen-bond donors (Lipinski definition) is 0. The van der Waals surface area contributed by atoms with Crippen molar-refractivity contribution in [3.63, 3.8) is 0 Å². The van der Waals surface area contributed by atoms with Crippen LogP contribution in [0.3, 0.4) is 0 Å². The van der Waals surface area contributed by atoms with Crippen molar-refractivity contribution in [2.24, 2.45) is 0 Å². The molecule has 6 heteroatoms. The molecule has 1 aromatic rings. The largest absolute Gasteiger partial charge is 0.349 e. The molecule has 0 spiro atoms. The first-order valence-electron chi connectivity index (χ1n) is 4.80. The molecule has 0 radical (unpaired) electrons. The normalized spacial score (nSPS) is 28.8. The van der Waals surface area contributed by atoms with E-state index in [0.29, 0.717) is 17.1 Å². The average Bonchev–Trinajstić information content (AvgIpc) is 2.83. The van der Waals surface area contributed by atoms with E-state index in [1.165, 1.54) is 0 Å². The maximum Gasteiger partial charge on any atom is 0.224 e. The first-order valence-corrected chi connectivity index (χ1v) is 6.23. The standard InChI is InChI=1S/C9H9ClFN3S/c10-9-12-2-7(11)8(13-9)14-3-6-1-5(14)4-15-6/h2,5-6H,1,3-4H2. The molecule has 3 heterocycles. The van der Waals surface area contributed by atoms with Gasteiger partial charge in [-0.2, -0.15) is 16.7 Å².